The minimum Gasteiger partial charge on any atom is -0.356 e. The smallest absolute Gasteiger partial charge is 0.224 e. The van der Waals surface area contributed by atoms with E-state index in [4.69, 9.17) is 0 Å². The quantitative estimate of drug-likeness (QED) is 0.714. The fourth-order valence-corrected chi connectivity index (χ4v) is 2.31. The number of rotatable bonds is 8. The van der Waals surface area contributed by atoms with E-state index < -0.39 is 0 Å². The third-order valence-electron chi connectivity index (χ3n) is 4.06. The summed E-state index contributed by atoms with van der Waals surface area (Å²) >= 11 is 0. The van der Waals surface area contributed by atoms with Crippen LogP contribution >= 0.6 is 0 Å². The fourth-order valence-electron chi connectivity index (χ4n) is 2.31. The van der Waals surface area contributed by atoms with E-state index in [0.29, 0.717) is 25.9 Å². The van der Waals surface area contributed by atoms with Crippen LogP contribution in [0.1, 0.15) is 38.2 Å². The lowest BCUT2D eigenvalue weighted by atomic mass is 10.1. The predicted octanol–water partition coefficient (Wildman–Crippen LogP) is 1.91. The van der Waals surface area contributed by atoms with E-state index in [0.717, 1.165) is 24.1 Å². The Morgan fingerprint density at radius 1 is 1.21 bits per heavy atom. The van der Waals surface area contributed by atoms with Crippen LogP contribution in [0.15, 0.2) is 24.3 Å². The third kappa shape index (κ3) is 5.68. The van der Waals surface area contributed by atoms with Gasteiger partial charge in [-0.15, -0.1) is 0 Å². The first-order valence-electron chi connectivity index (χ1n) is 8.34. The standard InChI is InChI=1S/C18H25N3O3/c1-13(22)21(2)12-15-6-3-4-7-16(15)20-17(23)8-5-11-19-18(24)14-9-10-14/h3-4,6-7,14H,5,8-12H2,1-2H3,(H,19,24)(H,20,23). The highest BCUT2D eigenvalue weighted by Crippen LogP contribution is 2.28. The van der Waals surface area contributed by atoms with Gasteiger partial charge in [-0.2, -0.15) is 0 Å². The summed E-state index contributed by atoms with van der Waals surface area (Å²) in [7, 11) is 1.73. The van der Waals surface area contributed by atoms with Crippen LogP contribution < -0.4 is 10.6 Å². The molecule has 0 bridgehead atoms. The van der Waals surface area contributed by atoms with Crippen LogP contribution in [0.4, 0.5) is 5.69 Å². The number of carbonyl (C=O) groups excluding carboxylic acids is 3. The molecule has 1 aromatic rings. The number of amides is 3. The van der Waals surface area contributed by atoms with Crippen molar-refractivity contribution in [3.8, 4) is 0 Å². The summed E-state index contributed by atoms with van der Waals surface area (Å²) in [4.78, 5) is 36.5. The molecule has 0 saturated heterocycles. The maximum Gasteiger partial charge on any atom is 0.224 e. The molecule has 6 nitrogen and oxygen atoms in total. The minimum absolute atomic E-state index is 0.0254. The maximum absolute atomic E-state index is 12.1. The molecule has 0 heterocycles. The zero-order valence-corrected chi connectivity index (χ0v) is 14.3. The molecular weight excluding hydrogens is 306 g/mol. The maximum atomic E-state index is 12.1. The van der Waals surface area contributed by atoms with Crippen LogP contribution in [0.5, 0.6) is 0 Å². The van der Waals surface area contributed by atoms with Crippen LogP contribution in [0.2, 0.25) is 0 Å². The van der Waals surface area contributed by atoms with Gasteiger partial charge in [0, 0.05) is 45.1 Å². The molecule has 0 aliphatic heterocycles. The molecule has 0 atom stereocenters. The van der Waals surface area contributed by atoms with Gasteiger partial charge >= 0.3 is 0 Å². The number of anilines is 1. The van der Waals surface area contributed by atoms with Crippen LogP contribution in [0, 0.1) is 5.92 Å². The van der Waals surface area contributed by atoms with Crippen molar-refractivity contribution in [1.82, 2.24) is 10.2 Å². The Morgan fingerprint density at radius 2 is 1.92 bits per heavy atom. The van der Waals surface area contributed by atoms with Gasteiger partial charge in [0.15, 0.2) is 0 Å². The van der Waals surface area contributed by atoms with Crippen molar-refractivity contribution < 1.29 is 14.4 Å². The molecule has 24 heavy (non-hydrogen) atoms. The molecule has 130 valence electrons. The molecule has 0 spiro atoms. The Hall–Kier alpha value is -2.37. The van der Waals surface area contributed by atoms with Crippen LogP contribution in [0.3, 0.4) is 0 Å². The van der Waals surface area contributed by atoms with Gasteiger partial charge in [0.2, 0.25) is 17.7 Å². The first kappa shape index (κ1) is 18.0. The summed E-state index contributed by atoms with van der Waals surface area (Å²) in [5.41, 5.74) is 1.61. The number of nitrogens with zero attached hydrogens (tertiary/aromatic N) is 1. The van der Waals surface area contributed by atoms with Crippen molar-refractivity contribution in [2.24, 2.45) is 5.92 Å². The number of carbonyl (C=O) groups is 3. The van der Waals surface area contributed by atoms with Crippen molar-refractivity contribution in [2.75, 3.05) is 18.9 Å². The highest BCUT2D eigenvalue weighted by molar-refractivity contribution is 5.91. The number of hydrogen-bond donors (Lipinski definition) is 2. The van der Waals surface area contributed by atoms with E-state index in [2.05, 4.69) is 10.6 Å². The van der Waals surface area contributed by atoms with E-state index >= 15 is 0 Å². The van der Waals surface area contributed by atoms with Crippen molar-refractivity contribution in [2.45, 2.75) is 39.2 Å². The summed E-state index contributed by atoms with van der Waals surface area (Å²) in [6.07, 6.45) is 2.93. The number of para-hydroxylation sites is 1. The van der Waals surface area contributed by atoms with E-state index in [1.54, 1.807) is 11.9 Å². The summed E-state index contributed by atoms with van der Waals surface area (Å²) in [6, 6.07) is 7.45. The zero-order valence-electron chi connectivity index (χ0n) is 14.3. The molecule has 6 heteroatoms. The third-order valence-corrected chi connectivity index (χ3v) is 4.06. The molecular formula is C18H25N3O3. The molecule has 0 radical (unpaired) electrons. The highest BCUT2D eigenvalue weighted by atomic mass is 16.2. The van der Waals surface area contributed by atoms with Gasteiger partial charge in [-0.25, -0.2) is 0 Å². The summed E-state index contributed by atoms with van der Waals surface area (Å²) in [5.74, 6) is 0.188. The van der Waals surface area contributed by atoms with Crippen molar-refractivity contribution in [3.63, 3.8) is 0 Å². The van der Waals surface area contributed by atoms with Crippen LogP contribution in [0.25, 0.3) is 0 Å². The molecule has 3 amide bonds. The predicted molar refractivity (Wildman–Crippen MR) is 92.2 cm³/mol. The Bertz CT molecular complexity index is 611. The van der Waals surface area contributed by atoms with Crippen LogP contribution in [-0.2, 0) is 20.9 Å². The number of hydrogen-bond acceptors (Lipinski definition) is 3. The van der Waals surface area contributed by atoms with Gasteiger partial charge < -0.3 is 15.5 Å². The van der Waals surface area contributed by atoms with Crippen LogP contribution in [-0.4, -0.2) is 36.2 Å². The van der Waals surface area contributed by atoms with E-state index in [-0.39, 0.29) is 23.6 Å². The van der Waals surface area contributed by atoms with E-state index in [1.807, 2.05) is 24.3 Å². The summed E-state index contributed by atoms with van der Waals surface area (Å²) in [5, 5.41) is 5.74. The van der Waals surface area contributed by atoms with E-state index in [9.17, 15) is 14.4 Å². The largest absolute Gasteiger partial charge is 0.356 e. The molecule has 1 fully saturated rings. The molecule has 1 aliphatic rings. The van der Waals surface area contributed by atoms with Crippen molar-refractivity contribution in [3.05, 3.63) is 29.8 Å². The minimum atomic E-state index is -0.0893. The van der Waals surface area contributed by atoms with Gasteiger partial charge in [0.05, 0.1) is 0 Å². The van der Waals surface area contributed by atoms with Gasteiger partial charge in [-0.05, 0) is 30.9 Å². The highest BCUT2D eigenvalue weighted by Gasteiger charge is 2.28. The Morgan fingerprint density at radius 3 is 2.58 bits per heavy atom. The molecule has 0 unspecified atom stereocenters. The average Bonchev–Trinajstić information content (AvgIpc) is 3.38. The van der Waals surface area contributed by atoms with Gasteiger partial charge in [0.25, 0.3) is 0 Å². The topological polar surface area (TPSA) is 78.5 Å². The second-order valence-electron chi connectivity index (χ2n) is 6.25. The summed E-state index contributed by atoms with van der Waals surface area (Å²) < 4.78 is 0. The average molecular weight is 331 g/mol. The normalized spacial score (nSPS) is 13.2. The zero-order chi connectivity index (χ0) is 17.5. The monoisotopic (exact) mass is 331 g/mol. The molecule has 2 rings (SSSR count). The number of nitrogens with one attached hydrogen (secondary N) is 2. The molecule has 1 saturated carbocycles. The van der Waals surface area contributed by atoms with Gasteiger partial charge in [0.1, 0.15) is 0 Å². The molecule has 0 aromatic heterocycles. The lowest BCUT2D eigenvalue weighted by Crippen LogP contribution is -2.27. The SMILES string of the molecule is CC(=O)N(C)Cc1ccccc1NC(=O)CCCNC(=O)C1CC1. The Balaban J connectivity index is 1.78. The van der Waals surface area contributed by atoms with Crippen molar-refractivity contribution >= 4 is 23.4 Å². The fraction of sp³-hybridized carbons (Fsp3) is 0.500. The van der Waals surface area contributed by atoms with Gasteiger partial charge in [-0.1, -0.05) is 18.2 Å². The number of benzene rings is 1. The molecule has 1 aromatic carbocycles. The lowest BCUT2D eigenvalue weighted by Gasteiger charge is -2.18. The second kappa shape index (κ2) is 8.47. The Labute approximate surface area is 142 Å². The molecule has 1 aliphatic carbocycles. The van der Waals surface area contributed by atoms with E-state index in [1.165, 1.54) is 6.92 Å². The molecule has 2 N–H and O–H groups in total. The second-order valence-corrected chi connectivity index (χ2v) is 6.25. The van der Waals surface area contributed by atoms with Crippen molar-refractivity contribution in [1.29, 1.82) is 0 Å². The summed E-state index contributed by atoms with van der Waals surface area (Å²) in [6.45, 7) is 2.48. The first-order valence-corrected chi connectivity index (χ1v) is 8.34. The lowest BCUT2D eigenvalue weighted by molar-refractivity contribution is -0.128. The first-order chi connectivity index (χ1) is 11.5. The Kier molecular flexibility index (Phi) is 6.35. The van der Waals surface area contributed by atoms with Gasteiger partial charge in [-0.3, -0.25) is 14.4 Å².